The van der Waals surface area contributed by atoms with Crippen LogP contribution in [0.1, 0.15) is 10.4 Å². The zero-order chi connectivity index (χ0) is 15.7. The average molecular weight is 301 g/mol. The fourth-order valence-corrected chi connectivity index (χ4v) is 1.13. The molecule has 110 valence electrons. The van der Waals surface area contributed by atoms with E-state index in [1.807, 2.05) is 0 Å². The third-order valence-corrected chi connectivity index (χ3v) is 2.12. The van der Waals surface area contributed by atoms with E-state index >= 15 is 0 Å². The standard InChI is InChI=1S/C10H5F6NO3/c11-4-1-3(7(18)19)6(2-5(4)12)17-9(20)10(15,16)8(13)14/h1-2,8H,(H,17,20)(H,18,19). The molecule has 0 radical (unpaired) electrons. The Kier molecular flexibility index (Phi) is 4.26. The molecule has 20 heavy (non-hydrogen) atoms. The summed E-state index contributed by atoms with van der Waals surface area (Å²) >= 11 is 0. The smallest absolute Gasteiger partial charge is 0.383 e. The Labute approximate surface area is 107 Å². The van der Waals surface area contributed by atoms with Crippen LogP contribution in [-0.4, -0.2) is 29.3 Å². The van der Waals surface area contributed by atoms with Crippen LogP contribution in [0.3, 0.4) is 0 Å². The summed E-state index contributed by atoms with van der Waals surface area (Å²) in [4.78, 5) is 21.6. The number of anilines is 1. The zero-order valence-electron chi connectivity index (χ0n) is 9.26. The molecule has 0 unspecified atom stereocenters. The van der Waals surface area contributed by atoms with Gasteiger partial charge in [-0.15, -0.1) is 0 Å². The number of nitrogens with one attached hydrogen (secondary N) is 1. The lowest BCUT2D eigenvalue weighted by Crippen LogP contribution is -2.41. The van der Waals surface area contributed by atoms with Gasteiger partial charge in [-0.05, 0) is 6.07 Å². The second-order valence-electron chi connectivity index (χ2n) is 3.49. The predicted octanol–water partition coefficient (Wildman–Crippen LogP) is 2.50. The van der Waals surface area contributed by atoms with Gasteiger partial charge in [0.2, 0.25) is 0 Å². The summed E-state index contributed by atoms with van der Waals surface area (Å²) in [6.07, 6.45) is -4.35. The summed E-state index contributed by atoms with van der Waals surface area (Å²) in [6.45, 7) is 0. The van der Waals surface area contributed by atoms with Crippen LogP contribution in [0.15, 0.2) is 12.1 Å². The molecule has 1 amide bonds. The van der Waals surface area contributed by atoms with Crippen LogP contribution in [0, 0.1) is 11.6 Å². The molecule has 0 aromatic heterocycles. The first-order chi connectivity index (χ1) is 9.07. The van der Waals surface area contributed by atoms with Gasteiger partial charge in [-0.2, -0.15) is 8.78 Å². The molecule has 0 saturated heterocycles. The van der Waals surface area contributed by atoms with Gasteiger partial charge in [-0.1, -0.05) is 0 Å². The number of carbonyl (C=O) groups excluding carboxylic acids is 1. The van der Waals surface area contributed by atoms with Gasteiger partial charge in [-0.3, -0.25) is 4.79 Å². The lowest BCUT2D eigenvalue weighted by Gasteiger charge is -2.16. The molecule has 0 saturated carbocycles. The highest BCUT2D eigenvalue weighted by molar-refractivity contribution is 6.02. The predicted molar refractivity (Wildman–Crippen MR) is 52.9 cm³/mol. The van der Waals surface area contributed by atoms with Gasteiger partial charge in [0.15, 0.2) is 11.6 Å². The summed E-state index contributed by atoms with van der Waals surface area (Å²) in [6, 6.07) is 0.214. The number of amides is 1. The molecular formula is C10H5F6NO3. The van der Waals surface area contributed by atoms with Crippen molar-refractivity contribution in [3.8, 4) is 0 Å². The molecule has 0 aliphatic carbocycles. The first kappa shape index (κ1) is 15.8. The third kappa shape index (κ3) is 3.00. The molecule has 1 rings (SSSR count). The Bertz CT molecular complexity index is 560. The van der Waals surface area contributed by atoms with Gasteiger partial charge in [0.05, 0.1) is 11.3 Å². The fourth-order valence-electron chi connectivity index (χ4n) is 1.13. The molecule has 4 nitrogen and oxygen atoms in total. The van der Waals surface area contributed by atoms with Crippen LogP contribution in [-0.2, 0) is 4.79 Å². The van der Waals surface area contributed by atoms with Crippen LogP contribution >= 0.6 is 0 Å². The fraction of sp³-hybridized carbons (Fsp3) is 0.200. The number of carboxylic acid groups (broad SMARTS) is 1. The highest BCUT2D eigenvalue weighted by atomic mass is 19.3. The van der Waals surface area contributed by atoms with Crippen molar-refractivity contribution in [1.29, 1.82) is 0 Å². The molecule has 1 aromatic rings. The van der Waals surface area contributed by atoms with Gasteiger partial charge in [-0.25, -0.2) is 22.4 Å². The second kappa shape index (κ2) is 5.39. The molecule has 1 aromatic carbocycles. The first-order valence-electron chi connectivity index (χ1n) is 4.77. The number of halogens is 6. The highest BCUT2D eigenvalue weighted by Crippen LogP contribution is 2.27. The Hall–Kier alpha value is -2.26. The molecule has 2 N–H and O–H groups in total. The Balaban J connectivity index is 3.18. The normalized spacial score (nSPS) is 11.6. The third-order valence-electron chi connectivity index (χ3n) is 2.12. The van der Waals surface area contributed by atoms with Crippen LogP contribution < -0.4 is 5.32 Å². The van der Waals surface area contributed by atoms with E-state index in [2.05, 4.69) is 0 Å². The van der Waals surface area contributed by atoms with Gasteiger partial charge in [0.1, 0.15) is 0 Å². The van der Waals surface area contributed by atoms with E-state index in [1.165, 1.54) is 0 Å². The molecule has 0 aliphatic rings. The summed E-state index contributed by atoms with van der Waals surface area (Å²) < 4.78 is 74.8. The van der Waals surface area contributed by atoms with Crippen LogP contribution in [0.25, 0.3) is 0 Å². The molecule has 0 fully saturated rings. The number of rotatable bonds is 4. The molecule has 0 heterocycles. The maximum atomic E-state index is 12.9. The molecule has 0 aliphatic heterocycles. The summed E-state index contributed by atoms with van der Waals surface area (Å²) in [5.41, 5.74) is -2.14. The number of hydrogen-bond acceptors (Lipinski definition) is 2. The van der Waals surface area contributed by atoms with Gasteiger partial charge in [0, 0.05) is 6.07 Å². The number of carbonyl (C=O) groups is 2. The highest BCUT2D eigenvalue weighted by Gasteiger charge is 2.49. The summed E-state index contributed by atoms with van der Waals surface area (Å²) in [5, 5.41) is 9.75. The van der Waals surface area contributed by atoms with Crippen molar-refractivity contribution in [2.45, 2.75) is 12.3 Å². The number of alkyl halides is 4. The second-order valence-corrected chi connectivity index (χ2v) is 3.49. The largest absolute Gasteiger partial charge is 0.478 e. The van der Waals surface area contributed by atoms with Crippen molar-refractivity contribution >= 4 is 17.6 Å². The van der Waals surface area contributed by atoms with Gasteiger partial charge in [0.25, 0.3) is 0 Å². The number of hydrogen-bond donors (Lipinski definition) is 2. The van der Waals surface area contributed by atoms with E-state index in [0.717, 1.165) is 5.32 Å². The van der Waals surface area contributed by atoms with Crippen molar-refractivity contribution in [2.24, 2.45) is 0 Å². The van der Waals surface area contributed by atoms with Crippen LogP contribution in [0.4, 0.5) is 32.0 Å². The topological polar surface area (TPSA) is 66.4 Å². The minimum absolute atomic E-state index is 0.0955. The van der Waals surface area contributed by atoms with E-state index in [4.69, 9.17) is 5.11 Å². The maximum absolute atomic E-state index is 12.9. The minimum atomic E-state index is -5.11. The van der Waals surface area contributed by atoms with E-state index in [-0.39, 0.29) is 12.1 Å². The quantitative estimate of drug-likeness (QED) is 0.840. The summed E-state index contributed by atoms with van der Waals surface area (Å²) in [7, 11) is 0. The molecule has 10 heteroatoms. The van der Waals surface area contributed by atoms with E-state index in [1.54, 1.807) is 0 Å². The van der Waals surface area contributed by atoms with Crippen molar-refractivity contribution in [2.75, 3.05) is 5.32 Å². The zero-order valence-corrected chi connectivity index (χ0v) is 9.26. The Morgan fingerprint density at radius 3 is 2.10 bits per heavy atom. The van der Waals surface area contributed by atoms with Crippen molar-refractivity contribution in [1.82, 2.24) is 0 Å². The van der Waals surface area contributed by atoms with E-state index < -0.39 is 47.1 Å². The number of carboxylic acids is 1. The van der Waals surface area contributed by atoms with Crippen molar-refractivity contribution in [3.05, 3.63) is 29.3 Å². The van der Waals surface area contributed by atoms with Crippen LogP contribution in [0.5, 0.6) is 0 Å². The maximum Gasteiger partial charge on any atom is 0.383 e. The van der Waals surface area contributed by atoms with E-state index in [0.29, 0.717) is 0 Å². The first-order valence-corrected chi connectivity index (χ1v) is 4.77. The molecular weight excluding hydrogens is 296 g/mol. The molecule has 0 spiro atoms. The molecule has 0 bridgehead atoms. The van der Waals surface area contributed by atoms with Crippen molar-refractivity contribution < 1.29 is 41.0 Å². The van der Waals surface area contributed by atoms with Crippen LogP contribution in [0.2, 0.25) is 0 Å². The number of benzene rings is 1. The van der Waals surface area contributed by atoms with E-state index in [9.17, 15) is 35.9 Å². The summed E-state index contributed by atoms with van der Waals surface area (Å²) in [5.74, 6) is -12.8. The van der Waals surface area contributed by atoms with Crippen molar-refractivity contribution in [3.63, 3.8) is 0 Å². The van der Waals surface area contributed by atoms with Gasteiger partial charge >= 0.3 is 24.2 Å². The number of aromatic carboxylic acids is 1. The molecule has 0 atom stereocenters. The average Bonchev–Trinajstić information content (AvgIpc) is 2.32. The Morgan fingerprint density at radius 2 is 1.65 bits per heavy atom. The lowest BCUT2D eigenvalue weighted by molar-refractivity contribution is -0.163. The lowest BCUT2D eigenvalue weighted by atomic mass is 10.1. The van der Waals surface area contributed by atoms with Gasteiger partial charge < -0.3 is 10.4 Å². The monoisotopic (exact) mass is 301 g/mol. The SMILES string of the molecule is O=C(O)c1cc(F)c(F)cc1NC(=O)C(F)(F)C(F)F. The Morgan fingerprint density at radius 1 is 1.15 bits per heavy atom. The minimum Gasteiger partial charge on any atom is -0.478 e.